The minimum atomic E-state index is -3.61. The molecule has 1 aliphatic heterocycles. The lowest BCUT2D eigenvalue weighted by Crippen LogP contribution is -2.37. The minimum Gasteiger partial charge on any atom is -0.297 e. The van der Waals surface area contributed by atoms with Crippen LogP contribution in [-0.4, -0.2) is 33.0 Å². The van der Waals surface area contributed by atoms with Gasteiger partial charge in [-0.2, -0.15) is 0 Å². The van der Waals surface area contributed by atoms with Crippen LogP contribution < -0.4 is 4.72 Å². The van der Waals surface area contributed by atoms with Crippen LogP contribution in [0.3, 0.4) is 0 Å². The Hall–Kier alpha value is -0.630. The normalized spacial score (nSPS) is 15.6. The van der Waals surface area contributed by atoms with Gasteiger partial charge in [0.05, 0.1) is 4.34 Å². The fourth-order valence-electron chi connectivity index (χ4n) is 2.67. The Kier molecular flexibility index (Phi) is 5.30. The summed E-state index contributed by atoms with van der Waals surface area (Å²) in [7, 11) is -3.61. The fourth-order valence-corrected chi connectivity index (χ4v) is 5.84. The molecule has 0 saturated heterocycles. The minimum absolute atomic E-state index is 0.0538. The summed E-state index contributed by atoms with van der Waals surface area (Å²) in [6.07, 6.45) is 0.995. The molecular formula is C15H16Cl2N2O2S2. The van der Waals surface area contributed by atoms with Crippen LogP contribution in [-0.2, 0) is 23.0 Å². The van der Waals surface area contributed by atoms with E-state index in [-0.39, 0.29) is 9.23 Å². The highest BCUT2D eigenvalue weighted by Gasteiger charge is 2.21. The number of nitrogens with zero attached hydrogens (tertiary/aromatic N) is 1. The SMILES string of the molecule is O=S(=O)(NCCN1CCc2ccccc2C1)c1cc(Cl)sc1Cl. The maximum Gasteiger partial charge on any atom is 0.243 e. The molecule has 2 aromatic rings. The molecule has 0 saturated carbocycles. The standard InChI is InChI=1S/C15H16Cl2N2O2S2/c16-14-9-13(15(17)22-14)23(20,21)18-6-8-19-7-5-11-3-1-2-4-12(11)10-19/h1-4,9,18H,5-8,10H2. The number of hydrogen-bond donors (Lipinski definition) is 1. The largest absolute Gasteiger partial charge is 0.297 e. The number of nitrogens with one attached hydrogen (secondary N) is 1. The van der Waals surface area contributed by atoms with Crippen molar-refractivity contribution in [3.63, 3.8) is 0 Å². The van der Waals surface area contributed by atoms with Gasteiger partial charge in [0.1, 0.15) is 9.23 Å². The third kappa shape index (κ3) is 4.07. The van der Waals surface area contributed by atoms with Gasteiger partial charge in [0.25, 0.3) is 0 Å². The molecule has 2 heterocycles. The molecule has 23 heavy (non-hydrogen) atoms. The molecule has 3 rings (SSSR count). The summed E-state index contributed by atoms with van der Waals surface area (Å²) in [5.74, 6) is 0. The third-order valence-electron chi connectivity index (χ3n) is 3.84. The quantitative estimate of drug-likeness (QED) is 0.850. The Morgan fingerprint density at radius 2 is 1.96 bits per heavy atom. The van der Waals surface area contributed by atoms with Crippen LogP contribution in [0.25, 0.3) is 0 Å². The molecule has 0 fully saturated rings. The fraction of sp³-hybridized carbons (Fsp3) is 0.333. The molecular weight excluding hydrogens is 375 g/mol. The molecule has 1 aromatic carbocycles. The van der Waals surface area contributed by atoms with E-state index in [4.69, 9.17) is 23.2 Å². The van der Waals surface area contributed by atoms with Gasteiger partial charge < -0.3 is 0 Å². The average molecular weight is 391 g/mol. The van der Waals surface area contributed by atoms with Crippen molar-refractivity contribution in [1.82, 2.24) is 9.62 Å². The summed E-state index contributed by atoms with van der Waals surface area (Å²) < 4.78 is 27.6. The molecule has 0 aliphatic carbocycles. The average Bonchev–Trinajstić information content (AvgIpc) is 2.86. The highest BCUT2D eigenvalue weighted by molar-refractivity contribution is 7.89. The van der Waals surface area contributed by atoms with Gasteiger partial charge in [-0.1, -0.05) is 47.5 Å². The molecule has 124 valence electrons. The van der Waals surface area contributed by atoms with E-state index in [1.807, 2.05) is 6.07 Å². The van der Waals surface area contributed by atoms with E-state index in [1.54, 1.807) is 0 Å². The predicted octanol–water partition coefficient (Wildman–Crippen LogP) is 3.39. The van der Waals surface area contributed by atoms with E-state index in [9.17, 15) is 8.42 Å². The van der Waals surface area contributed by atoms with Gasteiger partial charge in [-0.25, -0.2) is 13.1 Å². The van der Waals surface area contributed by atoms with E-state index in [1.165, 1.54) is 17.2 Å². The van der Waals surface area contributed by atoms with Crippen LogP contribution >= 0.6 is 34.5 Å². The second kappa shape index (κ2) is 7.09. The zero-order chi connectivity index (χ0) is 16.4. The molecule has 1 N–H and O–H groups in total. The molecule has 0 radical (unpaired) electrons. The molecule has 0 bridgehead atoms. The Bertz CT molecular complexity index is 806. The topological polar surface area (TPSA) is 49.4 Å². The summed E-state index contributed by atoms with van der Waals surface area (Å²) in [5, 5.41) is 0. The second-order valence-corrected chi connectivity index (χ2v) is 9.40. The second-order valence-electron chi connectivity index (χ2n) is 5.38. The Morgan fingerprint density at radius 3 is 2.65 bits per heavy atom. The summed E-state index contributed by atoms with van der Waals surface area (Å²) in [4.78, 5) is 2.30. The summed E-state index contributed by atoms with van der Waals surface area (Å²) in [6.45, 7) is 2.78. The van der Waals surface area contributed by atoms with E-state index >= 15 is 0 Å². The monoisotopic (exact) mass is 390 g/mol. The van der Waals surface area contributed by atoms with Crippen LogP contribution in [0.15, 0.2) is 35.2 Å². The van der Waals surface area contributed by atoms with Gasteiger partial charge in [-0.05, 0) is 23.6 Å². The van der Waals surface area contributed by atoms with Gasteiger partial charge in [0.15, 0.2) is 0 Å². The smallest absolute Gasteiger partial charge is 0.243 e. The summed E-state index contributed by atoms with van der Waals surface area (Å²) in [5.41, 5.74) is 2.69. The van der Waals surface area contributed by atoms with Crippen molar-refractivity contribution >= 4 is 44.6 Å². The van der Waals surface area contributed by atoms with Crippen molar-refractivity contribution < 1.29 is 8.42 Å². The molecule has 1 aromatic heterocycles. The van der Waals surface area contributed by atoms with Crippen LogP contribution in [0.2, 0.25) is 8.67 Å². The Balaban J connectivity index is 1.57. The van der Waals surface area contributed by atoms with Crippen molar-refractivity contribution in [3.05, 3.63) is 50.1 Å². The first-order chi connectivity index (χ1) is 11.0. The van der Waals surface area contributed by atoms with Gasteiger partial charge >= 0.3 is 0 Å². The zero-order valence-corrected chi connectivity index (χ0v) is 15.4. The maximum absolute atomic E-state index is 12.2. The Labute approximate surface area is 150 Å². The lowest BCUT2D eigenvalue weighted by atomic mass is 10.0. The molecule has 0 spiro atoms. The first-order valence-electron chi connectivity index (χ1n) is 7.19. The maximum atomic E-state index is 12.2. The van der Waals surface area contributed by atoms with Gasteiger partial charge in [0.2, 0.25) is 10.0 Å². The first-order valence-corrected chi connectivity index (χ1v) is 10.2. The molecule has 0 amide bonds. The number of hydrogen-bond acceptors (Lipinski definition) is 4. The van der Waals surface area contributed by atoms with E-state index in [0.717, 1.165) is 30.8 Å². The summed E-state index contributed by atoms with van der Waals surface area (Å²) >= 11 is 12.8. The highest BCUT2D eigenvalue weighted by Crippen LogP contribution is 2.34. The molecule has 4 nitrogen and oxygen atoms in total. The number of fused-ring (bicyclic) bond motifs is 1. The van der Waals surface area contributed by atoms with Crippen LogP contribution in [0.4, 0.5) is 0 Å². The van der Waals surface area contributed by atoms with Gasteiger partial charge in [-0.15, -0.1) is 11.3 Å². The van der Waals surface area contributed by atoms with Crippen molar-refractivity contribution in [2.24, 2.45) is 0 Å². The molecule has 0 atom stereocenters. The van der Waals surface area contributed by atoms with Crippen molar-refractivity contribution in [1.29, 1.82) is 0 Å². The van der Waals surface area contributed by atoms with Gasteiger partial charge in [0, 0.05) is 26.2 Å². The number of thiophene rings is 1. The lowest BCUT2D eigenvalue weighted by molar-refractivity contribution is 0.258. The van der Waals surface area contributed by atoms with E-state index in [0.29, 0.717) is 17.4 Å². The Morgan fingerprint density at radius 1 is 1.22 bits per heavy atom. The number of rotatable bonds is 5. The van der Waals surface area contributed by atoms with Crippen molar-refractivity contribution in [2.45, 2.75) is 17.9 Å². The lowest BCUT2D eigenvalue weighted by Gasteiger charge is -2.28. The van der Waals surface area contributed by atoms with Crippen LogP contribution in [0.5, 0.6) is 0 Å². The van der Waals surface area contributed by atoms with Crippen LogP contribution in [0.1, 0.15) is 11.1 Å². The molecule has 0 unspecified atom stereocenters. The number of sulfonamides is 1. The number of halogens is 2. The molecule has 1 aliphatic rings. The highest BCUT2D eigenvalue weighted by atomic mass is 35.5. The van der Waals surface area contributed by atoms with E-state index in [2.05, 4.69) is 27.8 Å². The molecule has 8 heteroatoms. The summed E-state index contributed by atoms with van der Waals surface area (Å²) in [6, 6.07) is 9.75. The van der Waals surface area contributed by atoms with Crippen molar-refractivity contribution in [2.75, 3.05) is 19.6 Å². The van der Waals surface area contributed by atoms with Gasteiger partial charge in [-0.3, -0.25) is 4.90 Å². The number of benzene rings is 1. The van der Waals surface area contributed by atoms with Crippen LogP contribution in [0, 0.1) is 0 Å². The predicted molar refractivity (Wildman–Crippen MR) is 95.0 cm³/mol. The van der Waals surface area contributed by atoms with E-state index < -0.39 is 10.0 Å². The first kappa shape index (κ1) is 17.2. The third-order valence-corrected chi connectivity index (χ3v) is 7.06. The van der Waals surface area contributed by atoms with Crippen molar-refractivity contribution in [3.8, 4) is 0 Å². The zero-order valence-electron chi connectivity index (χ0n) is 12.3.